The molecule has 2 aromatic rings. The van der Waals surface area contributed by atoms with Crippen molar-refractivity contribution in [2.45, 2.75) is 6.42 Å². The number of nitrogens with zero attached hydrogens (tertiary/aromatic N) is 1. The molecule has 0 radical (unpaired) electrons. The van der Waals surface area contributed by atoms with E-state index in [1.54, 1.807) is 31.4 Å². The number of nitro groups is 1. The third-order valence-corrected chi connectivity index (χ3v) is 3.31. The first-order chi connectivity index (χ1) is 10.0. The van der Waals surface area contributed by atoms with Crippen LogP contribution in [0.2, 0.25) is 5.02 Å². The number of hydrogen-bond acceptors (Lipinski definition) is 4. The van der Waals surface area contributed by atoms with Gasteiger partial charge in [0.2, 0.25) is 0 Å². The van der Waals surface area contributed by atoms with Crippen LogP contribution < -0.4 is 4.74 Å². The summed E-state index contributed by atoms with van der Waals surface area (Å²) in [6, 6.07) is 11.1. The van der Waals surface area contributed by atoms with Crippen molar-refractivity contribution in [1.29, 1.82) is 0 Å². The first kappa shape index (κ1) is 15.0. The van der Waals surface area contributed by atoms with E-state index in [4.69, 9.17) is 16.3 Å². The van der Waals surface area contributed by atoms with Crippen LogP contribution in [0.1, 0.15) is 15.9 Å². The Kier molecular flexibility index (Phi) is 4.55. The van der Waals surface area contributed by atoms with E-state index in [-0.39, 0.29) is 22.7 Å². The number of benzene rings is 2. The first-order valence-corrected chi connectivity index (χ1v) is 6.49. The van der Waals surface area contributed by atoms with Gasteiger partial charge in [0.05, 0.1) is 17.1 Å². The van der Waals surface area contributed by atoms with Crippen LogP contribution in [0.25, 0.3) is 0 Å². The molecule has 0 aromatic heterocycles. The third kappa shape index (κ3) is 3.38. The van der Waals surface area contributed by atoms with Gasteiger partial charge in [0.25, 0.3) is 5.69 Å². The van der Waals surface area contributed by atoms with Crippen molar-refractivity contribution >= 4 is 23.1 Å². The smallest absolute Gasteiger partial charge is 0.281 e. The SMILES string of the molecule is COc1ccc(CC(=O)c2c(Cl)cccc2[N+](=O)[O-])cc1. The minimum absolute atomic E-state index is 0.0363. The van der Waals surface area contributed by atoms with Gasteiger partial charge in [0, 0.05) is 12.5 Å². The fraction of sp³-hybridized carbons (Fsp3) is 0.133. The molecule has 0 saturated heterocycles. The number of ether oxygens (including phenoxy) is 1. The average molecular weight is 306 g/mol. The summed E-state index contributed by atoms with van der Waals surface area (Å²) in [7, 11) is 1.55. The van der Waals surface area contributed by atoms with Crippen molar-refractivity contribution < 1.29 is 14.5 Å². The monoisotopic (exact) mass is 305 g/mol. The largest absolute Gasteiger partial charge is 0.497 e. The molecule has 0 aliphatic rings. The zero-order valence-corrected chi connectivity index (χ0v) is 12.0. The lowest BCUT2D eigenvalue weighted by Crippen LogP contribution is -2.08. The van der Waals surface area contributed by atoms with E-state index in [1.165, 1.54) is 18.2 Å². The molecule has 0 fully saturated rings. The molecule has 0 saturated carbocycles. The summed E-state index contributed by atoms with van der Waals surface area (Å²) in [6.07, 6.45) is 0.0363. The van der Waals surface area contributed by atoms with Gasteiger partial charge in [-0.25, -0.2) is 0 Å². The molecule has 0 aliphatic carbocycles. The van der Waals surface area contributed by atoms with Crippen molar-refractivity contribution in [2.75, 3.05) is 7.11 Å². The number of nitro benzene ring substituents is 1. The molecule has 0 spiro atoms. The lowest BCUT2D eigenvalue weighted by Gasteiger charge is -2.06. The van der Waals surface area contributed by atoms with Crippen LogP contribution in [0.4, 0.5) is 5.69 Å². The van der Waals surface area contributed by atoms with E-state index < -0.39 is 10.7 Å². The zero-order chi connectivity index (χ0) is 15.4. The van der Waals surface area contributed by atoms with Crippen LogP contribution >= 0.6 is 11.6 Å². The van der Waals surface area contributed by atoms with Crippen LogP contribution in [-0.4, -0.2) is 17.8 Å². The second kappa shape index (κ2) is 6.37. The minimum Gasteiger partial charge on any atom is -0.497 e. The second-order valence-electron chi connectivity index (χ2n) is 4.34. The van der Waals surface area contributed by atoms with Crippen molar-refractivity contribution in [1.82, 2.24) is 0 Å². The maximum Gasteiger partial charge on any atom is 0.281 e. The molecule has 0 amide bonds. The highest BCUT2D eigenvalue weighted by Crippen LogP contribution is 2.27. The van der Waals surface area contributed by atoms with Crippen molar-refractivity contribution in [3.8, 4) is 5.75 Å². The fourth-order valence-electron chi connectivity index (χ4n) is 1.96. The van der Waals surface area contributed by atoms with Crippen molar-refractivity contribution in [3.05, 3.63) is 68.7 Å². The van der Waals surface area contributed by atoms with Crippen LogP contribution in [0, 0.1) is 10.1 Å². The molecular formula is C15H12ClNO4. The molecule has 2 aromatic carbocycles. The van der Waals surface area contributed by atoms with Crippen LogP contribution in [0.5, 0.6) is 5.75 Å². The molecule has 0 N–H and O–H groups in total. The van der Waals surface area contributed by atoms with Gasteiger partial charge in [0.15, 0.2) is 5.78 Å². The molecule has 0 aliphatic heterocycles. The Balaban J connectivity index is 2.29. The molecule has 0 unspecified atom stereocenters. The minimum atomic E-state index is -0.604. The van der Waals surface area contributed by atoms with Gasteiger partial charge in [-0.1, -0.05) is 29.8 Å². The van der Waals surface area contributed by atoms with Crippen molar-refractivity contribution in [2.24, 2.45) is 0 Å². The van der Waals surface area contributed by atoms with Gasteiger partial charge in [-0.3, -0.25) is 14.9 Å². The van der Waals surface area contributed by atoms with Crippen LogP contribution in [-0.2, 0) is 6.42 Å². The van der Waals surface area contributed by atoms with Gasteiger partial charge in [-0.15, -0.1) is 0 Å². The number of Topliss-reactive ketones (excluding diaryl/α,β-unsaturated/α-hetero) is 1. The highest BCUT2D eigenvalue weighted by molar-refractivity contribution is 6.34. The number of hydrogen-bond donors (Lipinski definition) is 0. The number of methoxy groups -OCH3 is 1. The van der Waals surface area contributed by atoms with E-state index in [0.717, 1.165) is 5.56 Å². The van der Waals surface area contributed by atoms with E-state index in [0.29, 0.717) is 5.75 Å². The molecule has 21 heavy (non-hydrogen) atoms. The molecule has 0 atom stereocenters. The fourth-order valence-corrected chi connectivity index (χ4v) is 2.23. The number of carbonyl (C=O) groups is 1. The molecule has 108 valence electrons. The Morgan fingerprint density at radius 2 is 1.90 bits per heavy atom. The number of ketones is 1. The molecule has 2 rings (SSSR count). The Morgan fingerprint density at radius 1 is 1.24 bits per heavy atom. The van der Waals surface area contributed by atoms with E-state index in [9.17, 15) is 14.9 Å². The number of carbonyl (C=O) groups excluding carboxylic acids is 1. The number of rotatable bonds is 5. The molecular weight excluding hydrogens is 294 g/mol. The zero-order valence-electron chi connectivity index (χ0n) is 11.2. The van der Waals surface area contributed by atoms with Gasteiger partial charge in [0.1, 0.15) is 11.3 Å². The highest BCUT2D eigenvalue weighted by atomic mass is 35.5. The van der Waals surface area contributed by atoms with Gasteiger partial charge in [-0.2, -0.15) is 0 Å². The predicted molar refractivity (Wildman–Crippen MR) is 79.1 cm³/mol. The summed E-state index contributed by atoms with van der Waals surface area (Å²) in [4.78, 5) is 22.7. The van der Waals surface area contributed by atoms with E-state index >= 15 is 0 Å². The molecule has 6 heteroatoms. The van der Waals surface area contributed by atoms with Crippen molar-refractivity contribution in [3.63, 3.8) is 0 Å². The first-order valence-electron chi connectivity index (χ1n) is 6.12. The predicted octanol–water partition coefficient (Wildman–Crippen LogP) is 3.68. The topological polar surface area (TPSA) is 69.4 Å². The van der Waals surface area contributed by atoms with E-state index in [1.807, 2.05) is 0 Å². The van der Waals surface area contributed by atoms with Crippen LogP contribution in [0.15, 0.2) is 42.5 Å². The Morgan fingerprint density at radius 3 is 2.48 bits per heavy atom. The summed E-state index contributed by atoms with van der Waals surface area (Å²) >= 11 is 5.94. The highest BCUT2D eigenvalue weighted by Gasteiger charge is 2.23. The summed E-state index contributed by atoms with van der Waals surface area (Å²) in [6.45, 7) is 0. The normalized spacial score (nSPS) is 10.2. The quantitative estimate of drug-likeness (QED) is 0.480. The molecule has 0 bridgehead atoms. The van der Waals surface area contributed by atoms with Gasteiger partial charge in [-0.05, 0) is 23.8 Å². The molecule has 5 nitrogen and oxygen atoms in total. The van der Waals surface area contributed by atoms with Gasteiger partial charge >= 0.3 is 0 Å². The number of halogens is 1. The maximum absolute atomic E-state index is 12.3. The van der Waals surface area contributed by atoms with Crippen LogP contribution in [0.3, 0.4) is 0 Å². The third-order valence-electron chi connectivity index (χ3n) is 2.99. The standard InChI is InChI=1S/C15H12ClNO4/c1-21-11-7-5-10(6-8-11)9-14(18)15-12(16)3-2-4-13(15)17(19)20/h2-8H,9H2,1H3. The van der Waals surface area contributed by atoms with Gasteiger partial charge < -0.3 is 4.74 Å². The Labute approximate surface area is 126 Å². The summed E-state index contributed by atoms with van der Waals surface area (Å²) in [5.74, 6) is 0.285. The summed E-state index contributed by atoms with van der Waals surface area (Å²) in [5.41, 5.74) is 0.399. The second-order valence-corrected chi connectivity index (χ2v) is 4.75. The lowest BCUT2D eigenvalue weighted by molar-refractivity contribution is -0.385. The summed E-state index contributed by atoms with van der Waals surface area (Å²) in [5, 5.41) is 11.1. The molecule has 0 heterocycles. The Hall–Kier alpha value is -2.40. The lowest BCUT2D eigenvalue weighted by atomic mass is 10.0. The van der Waals surface area contributed by atoms with E-state index in [2.05, 4.69) is 0 Å². The average Bonchev–Trinajstić information content (AvgIpc) is 2.47. The Bertz CT molecular complexity index is 683. The maximum atomic E-state index is 12.3. The summed E-state index contributed by atoms with van der Waals surface area (Å²) < 4.78 is 5.03.